The van der Waals surface area contributed by atoms with Crippen LogP contribution in [0.5, 0.6) is 0 Å². The zero-order chi connectivity index (χ0) is 12.3. The molecule has 1 nitrogen and oxygen atoms in total. The summed E-state index contributed by atoms with van der Waals surface area (Å²) in [5.41, 5.74) is 1.45. The van der Waals surface area contributed by atoms with Crippen LogP contribution in [0.3, 0.4) is 0 Å². The highest BCUT2D eigenvalue weighted by atomic mass is 35.5. The summed E-state index contributed by atoms with van der Waals surface area (Å²) in [6, 6.07) is 10.7. The Morgan fingerprint density at radius 1 is 1.06 bits per heavy atom. The van der Waals surface area contributed by atoms with E-state index in [4.69, 9.17) is 11.6 Å². The molecule has 1 atom stereocenters. The molecule has 1 N–H and O–H groups in total. The summed E-state index contributed by atoms with van der Waals surface area (Å²) in [7, 11) is 0. The van der Waals surface area contributed by atoms with Gasteiger partial charge in [0, 0.05) is 5.38 Å². The number of benzene rings is 1. The van der Waals surface area contributed by atoms with Crippen molar-refractivity contribution in [3.8, 4) is 0 Å². The maximum absolute atomic E-state index is 5.88. The molecule has 1 aromatic carbocycles. The Kier molecular flexibility index (Phi) is 8.12. The average molecular weight is 254 g/mol. The molecule has 17 heavy (non-hydrogen) atoms. The van der Waals surface area contributed by atoms with E-state index in [9.17, 15) is 0 Å². The first-order valence-corrected chi connectivity index (χ1v) is 7.11. The summed E-state index contributed by atoms with van der Waals surface area (Å²) in [5.74, 6) is 0. The van der Waals surface area contributed by atoms with E-state index in [1.807, 2.05) is 0 Å². The standard InChI is InChI=1S/C15H24ClN/c1-14(16)8-7-13-17-12-6-5-11-15-9-3-2-4-10-15/h2-4,9-10,14,17H,5-8,11-13H2,1H3. The third-order valence-corrected chi connectivity index (χ3v) is 3.09. The van der Waals surface area contributed by atoms with Gasteiger partial charge in [-0.1, -0.05) is 30.3 Å². The van der Waals surface area contributed by atoms with Gasteiger partial charge < -0.3 is 5.32 Å². The van der Waals surface area contributed by atoms with Gasteiger partial charge in [0.25, 0.3) is 0 Å². The molecule has 1 unspecified atom stereocenters. The zero-order valence-corrected chi connectivity index (χ0v) is 11.5. The van der Waals surface area contributed by atoms with Crippen molar-refractivity contribution in [1.82, 2.24) is 5.32 Å². The van der Waals surface area contributed by atoms with Gasteiger partial charge in [0.1, 0.15) is 0 Å². The number of rotatable bonds is 9. The van der Waals surface area contributed by atoms with Crippen LogP contribution in [0, 0.1) is 0 Å². The topological polar surface area (TPSA) is 12.0 Å². The first kappa shape index (κ1) is 14.5. The van der Waals surface area contributed by atoms with Crippen LogP contribution < -0.4 is 5.32 Å². The zero-order valence-electron chi connectivity index (χ0n) is 10.8. The minimum Gasteiger partial charge on any atom is -0.317 e. The Morgan fingerprint density at radius 3 is 2.47 bits per heavy atom. The molecule has 0 saturated carbocycles. The monoisotopic (exact) mass is 253 g/mol. The number of hydrogen-bond donors (Lipinski definition) is 1. The quantitative estimate of drug-likeness (QED) is 0.518. The minimum atomic E-state index is 0.315. The van der Waals surface area contributed by atoms with Crippen LogP contribution >= 0.6 is 11.6 Å². The number of unbranched alkanes of at least 4 members (excludes halogenated alkanes) is 1. The van der Waals surface area contributed by atoms with Gasteiger partial charge in [-0.3, -0.25) is 0 Å². The normalized spacial score (nSPS) is 12.6. The van der Waals surface area contributed by atoms with Crippen LogP contribution in [0.2, 0.25) is 0 Å². The first-order valence-electron chi connectivity index (χ1n) is 6.68. The fourth-order valence-corrected chi connectivity index (χ4v) is 2.01. The molecule has 0 aliphatic rings. The lowest BCUT2D eigenvalue weighted by Gasteiger charge is -2.05. The van der Waals surface area contributed by atoms with E-state index in [2.05, 4.69) is 42.6 Å². The smallest absolute Gasteiger partial charge is 0.0308 e. The molecule has 0 amide bonds. The van der Waals surface area contributed by atoms with Gasteiger partial charge in [-0.15, -0.1) is 11.6 Å². The SMILES string of the molecule is CC(Cl)CCCNCCCCc1ccccc1. The van der Waals surface area contributed by atoms with Gasteiger partial charge in [-0.2, -0.15) is 0 Å². The molecule has 0 aromatic heterocycles. The van der Waals surface area contributed by atoms with Gasteiger partial charge in [0.2, 0.25) is 0 Å². The van der Waals surface area contributed by atoms with Gasteiger partial charge in [0.05, 0.1) is 0 Å². The molecule has 0 radical (unpaired) electrons. The highest BCUT2D eigenvalue weighted by molar-refractivity contribution is 6.20. The number of nitrogens with one attached hydrogen (secondary N) is 1. The van der Waals surface area contributed by atoms with Crippen LogP contribution in [0.1, 0.15) is 38.2 Å². The third kappa shape index (κ3) is 8.23. The molecule has 0 heterocycles. The summed E-state index contributed by atoms with van der Waals surface area (Å²) < 4.78 is 0. The summed E-state index contributed by atoms with van der Waals surface area (Å²) in [4.78, 5) is 0. The van der Waals surface area contributed by atoms with E-state index in [1.165, 1.54) is 31.2 Å². The van der Waals surface area contributed by atoms with Crippen molar-refractivity contribution in [1.29, 1.82) is 0 Å². The van der Waals surface area contributed by atoms with Crippen LogP contribution in [0.4, 0.5) is 0 Å². The second-order valence-corrected chi connectivity index (χ2v) is 5.36. The second-order valence-electron chi connectivity index (χ2n) is 4.62. The molecular formula is C15H24ClN. The van der Waals surface area contributed by atoms with Crippen LogP contribution in [-0.4, -0.2) is 18.5 Å². The largest absolute Gasteiger partial charge is 0.317 e. The molecule has 0 fully saturated rings. The molecule has 1 aromatic rings. The molecule has 0 aliphatic heterocycles. The summed E-state index contributed by atoms with van der Waals surface area (Å²) in [5, 5.41) is 3.78. The molecule has 0 aliphatic carbocycles. The van der Waals surface area contributed by atoms with Crippen molar-refractivity contribution in [2.24, 2.45) is 0 Å². The Hall–Kier alpha value is -0.530. The second kappa shape index (κ2) is 9.49. The lowest BCUT2D eigenvalue weighted by Crippen LogP contribution is -2.17. The Balaban J connectivity index is 1.88. The number of aryl methyl sites for hydroxylation is 1. The van der Waals surface area contributed by atoms with E-state index in [0.29, 0.717) is 5.38 Å². The Bertz CT molecular complexity index is 272. The lowest BCUT2D eigenvalue weighted by molar-refractivity contribution is 0.587. The predicted molar refractivity (Wildman–Crippen MR) is 76.8 cm³/mol. The van der Waals surface area contributed by atoms with E-state index >= 15 is 0 Å². The third-order valence-electron chi connectivity index (χ3n) is 2.87. The number of halogens is 1. The maximum Gasteiger partial charge on any atom is 0.0308 e. The highest BCUT2D eigenvalue weighted by Crippen LogP contribution is 2.04. The molecule has 0 spiro atoms. The molecule has 1 rings (SSSR count). The van der Waals surface area contributed by atoms with Crippen molar-refractivity contribution in [3.05, 3.63) is 35.9 Å². The van der Waals surface area contributed by atoms with Crippen molar-refractivity contribution < 1.29 is 0 Å². The van der Waals surface area contributed by atoms with Crippen LogP contribution in [0.15, 0.2) is 30.3 Å². The molecule has 2 heteroatoms. The molecular weight excluding hydrogens is 230 g/mol. The Labute approximate surface area is 111 Å². The van der Waals surface area contributed by atoms with E-state index in [0.717, 1.165) is 19.5 Å². The summed E-state index contributed by atoms with van der Waals surface area (Å²) in [6.07, 6.45) is 6.01. The summed E-state index contributed by atoms with van der Waals surface area (Å²) in [6.45, 7) is 4.29. The van der Waals surface area contributed by atoms with Gasteiger partial charge >= 0.3 is 0 Å². The first-order chi connectivity index (χ1) is 8.29. The van der Waals surface area contributed by atoms with Crippen molar-refractivity contribution >= 4 is 11.6 Å². The lowest BCUT2D eigenvalue weighted by atomic mass is 10.1. The van der Waals surface area contributed by atoms with Crippen LogP contribution in [0.25, 0.3) is 0 Å². The van der Waals surface area contributed by atoms with Crippen molar-refractivity contribution in [2.45, 2.75) is 44.4 Å². The van der Waals surface area contributed by atoms with E-state index in [-0.39, 0.29) is 0 Å². The fourth-order valence-electron chi connectivity index (χ4n) is 1.86. The Morgan fingerprint density at radius 2 is 1.76 bits per heavy atom. The average Bonchev–Trinajstić information content (AvgIpc) is 2.33. The maximum atomic E-state index is 5.88. The van der Waals surface area contributed by atoms with Crippen LogP contribution in [-0.2, 0) is 6.42 Å². The molecule has 96 valence electrons. The summed E-state index contributed by atoms with van der Waals surface area (Å²) >= 11 is 5.88. The fraction of sp³-hybridized carbons (Fsp3) is 0.600. The van der Waals surface area contributed by atoms with Crippen molar-refractivity contribution in [2.75, 3.05) is 13.1 Å². The van der Waals surface area contributed by atoms with Gasteiger partial charge in [-0.05, 0) is 57.7 Å². The van der Waals surface area contributed by atoms with Gasteiger partial charge in [-0.25, -0.2) is 0 Å². The van der Waals surface area contributed by atoms with Crippen molar-refractivity contribution in [3.63, 3.8) is 0 Å². The van der Waals surface area contributed by atoms with E-state index < -0.39 is 0 Å². The minimum absolute atomic E-state index is 0.315. The molecule has 0 bridgehead atoms. The number of hydrogen-bond acceptors (Lipinski definition) is 1. The molecule has 0 saturated heterocycles. The predicted octanol–water partition coefficient (Wildman–Crippen LogP) is 4.01. The van der Waals surface area contributed by atoms with E-state index in [1.54, 1.807) is 0 Å². The highest BCUT2D eigenvalue weighted by Gasteiger charge is 1.95. The van der Waals surface area contributed by atoms with Gasteiger partial charge in [0.15, 0.2) is 0 Å². The number of alkyl halides is 1.